The number of aromatic nitrogens is 2. The third-order valence-corrected chi connectivity index (χ3v) is 3.12. The second-order valence-electron chi connectivity index (χ2n) is 3.40. The van der Waals surface area contributed by atoms with Crippen molar-refractivity contribution in [1.82, 2.24) is 9.97 Å². The lowest BCUT2D eigenvalue weighted by Crippen LogP contribution is -2.33. The highest BCUT2D eigenvalue weighted by Gasteiger charge is 2.13. The molecule has 0 spiro atoms. The van der Waals surface area contributed by atoms with Crippen LogP contribution in [-0.4, -0.2) is 35.1 Å². The van der Waals surface area contributed by atoms with Gasteiger partial charge in [-0.1, -0.05) is 6.92 Å². The molecule has 1 unspecified atom stereocenters. The summed E-state index contributed by atoms with van der Waals surface area (Å²) in [7, 11) is 2.05. The Morgan fingerprint density at radius 3 is 2.87 bits per heavy atom. The number of nitrogens with two attached hydrogens (primary N) is 1. The lowest BCUT2D eigenvalue weighted by atomic mass is 10.2. The van der Waals surface area contributed by atoms with E-state index < -0.39 is 0 Å². The van der Waals surface area contributed by atoms with Gasteiger partial charge in [0.15, 0.2) is 0 Å². The third-order valence-electron chi connectivity index (χ3n) is 2.40. The standard InChI is InChI=1S/C10H18N4S/c1-4-8(7-15-3)14(2)9-5-6-12-10(11)13-9/h5-6,8H,4,7H2,1-3H3,(H2,11,12,13). The summed E-state index contributed by atoms with van der Waals surface area (Å²) >= 11 is 1.85. The number of hydrogen-bond donors (Lipinski definition) is 1. The van der Waals surface area contributed by atoms with Crippen molar-refractivity contribution in [3.63, 3.8) is 0 Å². The van der Waals surface area contributed by atoms with E-state index in [2.05, 4.69) is 28.0 Å². The molecule has 1 atom stereocenters. The van der Waals surface area contributed by atoms with Crippen LogP contribution in [0.4, 0.5) is 11.8 Å². The van der Waals surface area contributed by atoms with Gasteiger partial charge in [-0.3, -0.25) is 0 Å². The second-order valence-corrected chi connectivity index (χ2v) is 4.31. The maximum atomic E-state index is 5.56. The molecule has 1 aromatic rings. The number of nitrogen functional groups attached to an aromatic ring is 1. The summed E-state index contributed by atoms with van der Waals surface area (Å²) in [4.78, 5) is 10.3. The lowest BCUT2D eigenvalue weighted by Gasteiger charge is -2.27. The molecule has 4 nitrogen and oxygen atoms in total. The minimum Gasteiger partial charge on any atom is -0.368 e. The zero-order valence-electron chi connectivity index (χ0n) is 9.47. The molecule has 0 aromatic carbocycles. The first-order valence-corrected chi connectivity index (χ1v) is 6.38. The van der Waals surface area contributed by atoms with Crippen LogP contribution in [0.25, 0.3) is 0 Å². The van der Waals surface area contributed by atoms with Crippen molar-refractivity contribution < 1.29 is 0 Å². The third kappa shape index (κ3) is 3.27. The van der Waals surface area contributed by atoms with Crippen molar-refractivity contribution in [2.24, 2.45) is 0 Å². The van der Waals surface area contributed by atoms with E-state index in [1.54, 1.807) is 6.20 Å². The van der Waals surface area contributed by atoms with Crippen LogP contribution in [0.1, 0.15) is 13.3 Å². The Hall–Kier alpha value is -0.970. The van der Waals surface area contributed by atoms with Gasteiger partial charge < -0.3 is 10.6 Å². The van der Waals surface area contributed by atoms with Crippen molar-refractivity contribution in [3.05, 3.63) is 12.3 Å². The minimum atomic E-state index is 0.332. The molecule has 1 heterocycles. The molecular weight excluding hydrogens is 208 g/mol. The second kappa shape index (κ2) is 5.80. The number of hydrogen-bond acceptors (Lipinski definition) is 5. The Bertz CT molecular complexity index is 305. The molecule has 1 aromatic heterocycles. The van der Waals surface area contributed by atoms with Crippen LogP contribution < -0.4 is 10.6 Å². The topological polar surface area (TPSA) is 55.0 Å². The molecule has 0 aliphatic rings. The number of anilines is 2. The van der Waals surface area contributed by atoms with E-state index in [9.17, 15) is 0 Å². The van der Waals surface area contributed by atoms with Gasteiger partial charge in [0, 0.05) is 25.0 Å². The van der Waals surface area contributed by atoms with Crippen molar-refractivity contribution >= 4 is 23.5 Å². The fourth-order valence-electron chi connectivity index (χ4n) is 1.44. The summed E-state index contributed by atoms with van der Waals surface area (Å²) in [5, 5.41) is 0. The number of nitrogens with zero attached hydrogens (tertiary/aromatic N) is 3. The molecule has 0 fully saturated rings. The van der Waals surface area contributed by atoms with Gasteiger partial charge in [-0.05, 0) is 18.7 Å². The fourth-order valence-corrected chi connectivity index (χ4v) is 2.29. The molecule has 0 saturated heterocycles. The smallest absolute Gasteiger partial charge is 0.221 e. The molecule has 0 amide bonds. The molecule has 15 heavy (non-hydrogen) atoms. The highest BCUT2D eigenvalue weighted by atomic mass is 32.2. The summed E-state index contributed by atoms with van der Waals surface area (Å²) in [6.45, 7) is 2.18. The van der Waals surface area contributed by atoms with E-state index in [1.165, 1.54) is 0 Å². The maximum absolute atomic E-state index is 5.56. The number of rotatable bonds is 5. The monoisotopic (exact) mass is 226 g/mol. The molecule has 0 aliphatic heterocycles. The summed E-state index contributed by atoms with van der Waals surface area (Å²) < 4.78 is 0. The van der Waals surface area contributed by atoms with Gasteiger partial charge in [-0.2, -0.15) is 16.7 Å². The highest BCUT2D eigenvalue weighted by molar-refractivity contribution is 7.98. The molecule has 0 saturated carbocycles. The highest BCUT2D eigenvalue weighted by Crippen LogP contribution is 2.16. The predicted octanol–water partition coefficient (Wildman–Crippen LogP) is 1.64. The van der Waals surface area contributed by atoms with Crippen LogP contribution in [-0.2, 0) is 0 Å². The van der Waals surface area contributed by atoms with Gasteiger partial charge in [-0.25, -0.2) is 4.98 Å². The Kier molecular flexibility index (Phi) is 4.68. The van der Waals surface area contributed by atoms with Crippen LogP contribution in [0.2, 0.25) is 0 Å². The zero-order chi connectivity index (χ0) is 11.3. The Morgan fingerprint density at radius 2 is 2.33 bits per heavy atom. The molecular formula is C10H18N4S. The van der Waals surface area contributed by atoms with E-state index >= 15 is 0 Å². The molecule has 1 rings (SSSR count). The van der Waals surface area contributed by atoms with Crippen molar-refractivity contribution in [2.45, 2.75) is 19.4 Å². The van der Waals surface area contributed by atoms with Gasteiger partial charge in [-0.15, -0.1) is 0 Å². The minimum absolute atomic E-state index is 0.332. The SMILES string of the molecule is CCC(CSC)N(C)c1ccnc(N)n1. The average Bonchev–Trinajstić information content (AvgIpc) is 2.25. The van der Waals surface area contributed by atoms with E-state index in [4.69, 9.17) is 5.73 Å². The van der Waals surface area contributed by atoms with E-state index in [0.717, 1.165) is 18.0 Å². The Labute approximate surface area is 95.3 Å². The Morgan fingerprint density at radius 1 is 1.60 bits per heavy atom. The first kappa shape index (κ1) is 12.1. The van der Waals surface area contributed by atoms with Gasteiger partial charge >= 0.3 is 0 Å². The summed E-state index contributed by atoms with van der Waals surface area (Å²) in [5.41, 5.74) is 5.56. The maximum Gasteiger partial charge on any atom is 0.221 e. The predicted molar refractivity (Wildman–Crippen MR) is 67.3 cm³/mol. The van der Waals surface area contributed by atoms with E-state index in [-0.39, 0.29) is 0 Å². The van der Waals surface area contributed by atoms with Gasteiger partial charge in [0.05, 0.1) is 0 Å². The summed E-state index contributed by atoms with van der Waals surface area (Å²) in [6, 6.07) is 2.38. The van der Waals surface area contributed by atoms with Crippen LogP contribution in [0.3, 0.4) is 0 Å². The van der Waals surface area contributed by atoms with Crippen LogP contribution in [0, 0.1) is 0 Å². The largest absolute Gasteiger partial charge is 0.368 e. The van der Waals surface area contributed by atoms with Crippen LogP contribution in [0.15, 0.2) is 12.3 Å². The molecule has 5 heteroatoms. The first-order valence-electron chi connectivity index (χ1n) is 4.99. The molecule has 0 radical (unpaired) electrons. The normalized spacial score (nSPS) is 12.5. The van der Waals surface area contributed by atoms with Gasteiger partial charge in [0.25, 0.3) is 0 Å². The molecule has 2 N–H and O–H groups in total. The molecule has 84 valence electrons. The van der Waals surface area contributed by atoms with Crippen LogP contribution >= 0.6 is 11.8 Å². The average molecular weight is 226 g/mol. The quantitative estimate of drug-likeness (QED) is 0.827. The first-order chi connectivity index (χ1) is 7.19. The van der Waals surface area contributed by atoms with Crippen molar-refractivity contribution in [1.29, 1.82) is 0 Å². The van der Waals surface area contributed by atoms with Gasteiger partial charge in [0.2, 0.25) is 5.95 Å². The summed E-state index contributed by atoms with van der Waals surface area (Å²) in [5.74, 6) is 2.32. The van der Waals surface area contributed by atoms with E-state index in [1.807, 2.05) is 24.9 Å². The molecule has 0 aliphatic carbocycles. The van der Waals surface area contributed by atoms with Crippen molar-refractivity contribution in [3.8, 4) is 0 Å². The fraction of sp³-hybridized carbons (Fsp3) is 0.600. The summed E-state index contributed by atoms with van der Waals surface area (Å²) in [6.07, 6.45) is 4.91. The number of thioether (sulfide) groups is 1. The van der Waals surface area contributed by atoms with Crippen LogP contribution in [0.5, 0.6) is 0 Å². The Balaban J connectivity index is 2.77. The molecule has 0 bridgehead atoms. The lowest BCUT2D eigenvalue weighted by molar-refractivity contribution is 0.665. The van der Waals surface area contributed by atoms with Crippen molar-refractivity contribution in [2.75, 3.05) is 29.7 Å². The van der Waals surface area contributed by atoms with E-state index in [0.29, 0.717) is 12.0 Å². The zero-order valence-corrected chi connectivity index (χ0v) is 10.3. The van der Waals surface area contributed by atoms with Gasteiger partial charge in [0.1, 0.15) is 5.82 Å².